The molecule has 0 aliphatic heterocycles. The number of hydrogen-bond donors (Lipinski definition) is 2. The monoisotopic (exact) mass is 272 g/mol. The molecule has 5 heteroatoms. The highest BCUT2D eigenvalue weighted by atomic mass is 16.1. The van der Waals surface area contributed by atoms with Gasteiger partial charge in [0.05, 0.1) is 18.4 Å². The van der Waals surface area contributed by atoms with Crippen molar-refractivity contribution in [1.82, 2.24) is 9.78 Å². The molecule has 20 heavy (non-hydrogen) atoms. The Balaban J connectivity index is 1.91. The first-order chi connectivity index (χ1) is 9.67. The number of nitrogens with zero attached hydrogens (tertiary/aromatic N) is 2. The standard InChI is InChI=1S/C15H20N4O/c1-2-13(16)8-15(20)18-14-9-17-19(11-14)10-12-6-4-3-5-7-12/h3-7,9,11,13H,2,8,10,16H2,1H3,(H,18,20). The van der Waals surface area contributed by atoms with Gasteiger partial charge in [-0.1, -0.05) is 37.3 Å². The average Bonchev–Trinajstić information content (AvgIpc) is 2.86. The van der Waals surface area contributed by atoms with E-state index >= 15 is 0 Å². The van der Waals surface area contributed by atoms with E-state index in [-0.39, 0.29) is 11.9 Å². The van der Waals surface area contributed by atoms with Crippen molar-refractivity contribution < 1.29 is 4.79 Å². The van der Waals surface area contributed by atoms with Crippen LogP contribution >= 0.6 is 0 Å². The third-order valence-electron chi connectivity index (χ3n) is 3.08. The number of nitrogens with two attached hydrogens (primary N) is 1. The van der Waals surface area contributed by atoms with Crippen LogP contribution in [-0.4, -0.2) is 21.7 Å². The molecule has 2 aromatic rings. The quantitative estimate of drug-likeness (QED) is 0.844. The van der Waals surface area contributed by atoms with Crippen molar-refractivity contribution in [2.24, 2.45) is 5.73 Å². The number of anilines is 1. The fraction of sp³-hybridized carbons (Fsp3) is 0.333. The van der Waals surface area contributed by atoms with Crippen molar-refractivity contribution in [1.29, 1.82) is 0 Å². The van der Waals surface area contributed by atoms with E-state index in [1.807, 2.05) is 43.5 Å². The van der Waals surface area contributed by atoms with Crippen LogP contribution in [0.3, 0.4) is 0 Å². The van der Waals surface area contributed by atoms with E-state index < -0.39 is 0 Å². The maximum absolute atomic E-state index is 11.7. The van der Waals surface area contributed by atoms with Gasteiger partial charge >= 0.3 is 0 Å². The summed E-state index contributed by atoms with van der Waals surface area (Å²) >= 11 is 0. The van der Waals surface area contributed by atoms with Crippen LogP contribution in [0.5, 0.6) is 0 Å². The minimum atomic E-state index is -0.0886. The highest BCUT2D eigenvalue weighted by Crippen LogP contribution is 2.09. The maximum Gasteiger partial charge on any atom is 0.226 e. The molecule has 0 fully saturated rings. The summed E-state index contributed by atoms with van der Waals surface area (Å²) in [6.07, 6.45) is 4.60. The fourth-order valence-electron chi connectivity index (χ4n) is 1.88. The first kappa shape index (κ1) is 14.3. The van der Waals surface area contributed by atoms with Crippen LogP contribution in [0.25, 0.3) is 0 Å². The first-order valence-corrected chi connectivity index (χ1v) is 6.79. The molecule has 0 aliphatic rings. The van der Waals surface area contributed by atoms with Gasteiger partial charge in [0.2, 0.25) is 5.91 Å². The third kappa shape index (κ3) is 4.20. The molecule has 1 atom stereocenters. The zero-order valence-corrected chi connectivity index (χ0v) is 11.6. The Hall–Kier alpha value is -2.14. The van der Waals surface area contributed by atoms with E-state index in [1.165, 1.54) is 5.56 Å². The predicted octanol–water partition coefficient (Wildman–Crippen LogP) is 2.00. The van der Waals surface area contributed by atoms with E-state index in [9.17, 15) is 4.79 Å². The van der Waals surface area contributed by atoms with Gasteiger partial charge in [0.15, 0.2) is 0 Å². The number of carbonyl (C=O) groups excluding carboxylic acids is 1. The lowest BCUT2D eigenvalue weighted by Gasteiger charge is -2.07. The van der Waals surface area contributed by atoms with Gasteiger partial charge in [-0.25, -0.2) is 0 Å². The SMILES string of the molecule is CCC(N)CC(=O)Nc1cnn(Cc2ccccc2)c1. The Morgan fingerprint density at radius 1 is 1.40 bits per heavy atom. The molecule has 0 radical (unpaired) electrons. The van der Waals surface area contributed by atoms with Crippen molar-refractivity contribution >= 4 is 11.6 Å². The number of carbonyl (C=O) groups is 1. The lowest BCUT2D eigenvalue weighted by Crippen LogP contribution is -2.26. The molecule has 3 N–H and O–H groups in total. The lowest BCUT2D eigenvalue weighted by atomic mass is 10.1. The zero-order valence-electron chi connectivity index (χ0n) is 11.6. The van der Waals surface area contributed by atoms with Crippen LogP contribution in [0.15, 0.2) is 42.7 Å². The number of aromatic nitrogens is 2. The summed E-state index contributed by atoms with van der Waals surface area (Å²) in [5.41, 5.74) is 7.62. The molecule has 1 aromatic carbocycles. The zero-order chi connectivity index (χ0) is 14.4. The first-order valence-electron chi connectivity index (χ1n) is 6.79. The second-order valence-electron chi connectivity index (χ2n) is 4.83. The summed E-state index contributed by atoms with van der Waals surface area (Å²) in [6.45, 7) is 2.65. The van der Waals surface area contributed by atoms with E-state index in [0.29, 0.717) is 18.7 Å². The largest absolute Gasteiger partial charge is 0.327 e. The van der Waals surface area contributed by atoms with Crippen LogP contribution < -0.4 is 11.1 Å². The van der Waals surface area contributed by atoms with Crippen molar-refractivity contribution in [3.8, 4) is 0 Å². The Morgan fingerprint density at radius 2 is 2.15 bits per heavy atom. The number of nitrogens with one attached hydrogen (secondary N) is 1. The number of rotatable bonds is 6. The second kappa shape index (κ2) is 6.86. The number of benzene rings is 1. The summed E-state index contributed by atoms with van der Waals surface area (Å²) in [5.74, 6) is -0.0707. The second-order valence-corrected chi connectivity index (χ2v) is 4.83. The van der Waals surface area contributed by atoms with Crippen LogP contribution in [0.2, 0.25) is 0 Å². The summed E-state index contributed by atoms with van der Waals surface area (Å²) < 4.78 is 1.80. The van der Waals surface area contributed by atoms with Gasteiger partial charge in [-0.3, -0.25) is 9.48 Å². The minimum Gasteiger partial charge on any atom is -0.327 e. The van der Waals surface area contributed by atoms with Gasteiger partial charge in [0.1, 0.15) is 0 Å². The third-order valence-corrected chi connectivity index (χ3v) is 3.08. The molecule has 0 saturated carbocycles. The van der Waals surface area contributed by atoms with Gasteiger partial charge < -0.3 is 11.1 Å². The van der Waals surface area contributed by atoms with Gasteiger partial charge in [0.25, 0.3) is 0 Å². The van der Waals surface area contributed by atoms with Gasteiger partial charge in [-0.2, -0.15) is 5.10 Å². The lowest BCUT2D eigenvalue weighted by molar-refractivity contribution is -0.116. The van der Waals surface area contributed by atoms with Crippen LogP contribution in [0, 0.1) is 0 Å². The van der Waals surface area contributed by atoms with Crippen LogP contribution in [-0.2, 0) is 11.3 Å². The molecule has 0 saturated heterocycles. The van der Waals surface area contributed by atoms with Gasteiger partial charge in [-0.15, -0.1) is 0 Å². The average molecular weight is 272 g/mol. The van der Waals surface area contributed by atoms with E-state index in [2.05, 4.69) is 10.4 Å². The molecule has 0 spiro atoms. The number of amides is 1. The van der Waals surface area contributed by atoms with Gasteiger partial charge in [-0.05, 0) is 12.0 Å². The molecule has 2 rings (SSSR count). The highest BCUT2D eigenvalue weighted by molar-refractivity contribution is 5.90. The summed E-state index contributed by atoms with van der Waals surface area (Å²) in [4.78, 5) is 11.7. The predicted molar refractivity (Wildman–Crippen MR) is 79.3 cm³/mol. The van der Waals surface area contributed by atoms with Crippen molar-refractivity contribution in [2.75, 3.05) is 5.32 Å². The molecule has 106 valence electrons. The molecule has 0 bridgehead atoms. The maximum atomic E-state index is 11.7. The minimum absolute atomic E-state index is 0.0707. The smallest absolute Gasteiger partial charge is 0.226 e. The summed E-state index contributed by atoms with van der Waals surface area (Å²) in [7, 11) is 0. The molecular formula is C15H20N4O. The van der Waals surface area contributed by atoms with E-state index in [4.69, 9.17) is 5.73 Å². The fourth-order valence-corrected chi connectivity index (χ4v) is 1.88. The molecule has 1 unspecified atom stereocenters. The highest BCUT2D eigenvalue weighted by Gasteiger charge is 2.09. The Morgan fingerprint density at radius 3 is 2.85 bits per heavy atom. The van der Waals surface area contributed by atoms with Crippen LogP contribution in [0.1, 0.15) is 25.3 Å². The Bertz CT molecular complexity index is 550. The molecule has 1 heterocycles. The molecule has 0 aliphatic carbocycles. The summed E-state index contributed by atoms with van der Waals surface area (Å²) in [6, 6.07) is 9.96. The topological polar surface area (TPSA) is 72.9 Å². The Kier molecular flexibility index (Phi) is 4.90. The van der Waals surface area contributed by atoms with E-state index in [1.54, 1.807) is 10.9 Å². The normalized spacial score (nSPS) is 12.1. The van der Waals surface area contributed by atoms with Crippen molar-refractivity contribution in [3.05, 3.63) is 48.3 Å². The molecule has 5 nitrogen and oxygen atoms in total. The number of hydrogen-bond acceptors (Lipinski definition) is 3. The molecular weight excluding hydrogens is 252 g/mol. The summed E-state index contributed by atoms with van der Waals surface area (Å²) in [5, 5.41) is 7.05. The molecule has 1 amide bonds. The van der Waals surface area contributed by atoms with Crippen LogP contribution in [0.4, 0.5) is 5.69 Å². The van der Waals surface area contributed by atoms with Crippen molar-refractivity contribution in [2.45, 2.75) is 32.4 Å². The Labute approximate surface area is 118 Å². The molecule has 1 aromatic heterocycles. The van der Waals surface area contributed by atoms with Crippen molar-refractivity contribution in [3.63, 3.8) is 0 Å². The van der Waals surface area contributed by atoms with Gasteiger partial charge in [0, 0.05) is 18.7 Å². The van der Waals surface area contributed by atoms with E-state index in [0.717, 1.165) is 6.42 Å².